The van der Waals surface area contributed by atoms with Crippen LogP contribution in [-0.2, 0) is 59.2 Å². The lowest BCUT2D eigenvalue weighted by molar-refractivity contribution is -0.141. The Hall–Kier alpha value is -6.29. The van der Waals surface area contributed by atoms with E-state index < -0.39 is 133 Å². The van der Waals surface area contributed by atoms with Gasteiger partial charge in [-0.25, -0.2) is 0 Å². The number of nitrogens with one attached hydrogen (secondary N) is 9. The molecule has 362 valence electrons. The molecule has 7 atom stereocenters. The standard InChI is InChI=1S/C38H54N12O13S3/c1-2-41-32(58)24-15-64-18-28(52)45-23(13-30(55)56)35(61)49-25-16-65-66-17-26(37(63)47-21(33(59)48-24)11-19-7-4-3-5-8-19)50-34(60)22(12-29(53)54)44-27(51)14-43-31(57)20(46-36(25)62)9-6-10-42-38(39)40/h3-5,7-8,20-26H,2,6,9-18H2,1H3,(H,41,58)(H,43,57)(H,44,51)(H,45,52)(H,46,62)(H,47,63)(H,48,59)(H,49,61)(H,50,60)(H,53,54)(H,55,56)(H4,39,40,42)/t20-,21-,22-,23-,24-,25-,26-/m0/s1. The third-order valence-electron chi connectivity index (χ3n) is 9.30. The normalized spacial score (nSPS) is 24.7. The summed E-state index contributed by atoms with van der Waals surface area (Å²) in [5.74, 6) is -13.1. The topological polar surface area (TPSA) is 401 Å². The Morgan fingerprint density at radius 1 is 0.682 bits per heavy atom. The fraction of sp³-hybridized carbons (Fsp3) is 0.526. The largest absolute Gasteiger partial charge is 0.481 e. The van der Waals surface area contributed by atoms with Gasteiger partial charge >= 0.3 is 11.9 Å². The van der Waals surface area contributed by atoms with Crippen LogP contribution in [0.1, 0.15) is 38.2 Å². The number of thioether (sulfide) groups is 1. The summed E-state index contributed by atoms with van der Waals surface area (Å²) in [6.07, 6.45) is -2.04. The third-order valence-corrected chi connectivity index (χ3v) is 12.8. The molecule has 9 amide bonds. The van der Waals surface area contributed by atoms with E-state index in [1.165, 1.54) is 0 Å². The van der Waals surface area contributed by atoms with Crippen LogP contribution in [0.2, 0.25) is 0 Å². The van der Waals surface area contributed by atoms with Crippen LogP contribution in [0.25, 0.3) is 0 Å². The van der Waals surface area contributed by atoms with Crippen molar-refractivity contribution in [3.8, 4) is 0 Å². The Morgan fingerprint density at radius 3 is 1.77 bits per heavy atom. The van der Waals surface area contributed by atoms with Gasteiger partial charge in [0.25, 0.3) is 0 Å². The molecule has 2 heterocycles. The Bertz CT molecular complexity index is 1980. The van der Waals surface area contributed by atoms with Crippen LogP contribution < -0.4 is 59.3 Å². The summed E-state index contributed by atoms with van der Waals surface area (Å²) in [6.45, 7) is 0.956. The number of hydrogen-bond acceptors (Lipinski definition) is 15. The number of aliphatic imine (C=N–C) groups is 1. The van der Waals surface area contributed by atoms with Crippen LogP contribution in [0.15, 0.2) is 35.3 Å². The number of guanidine groups is 1. The molecule has 2 bridgehead atoms. The number of carboxylic acids is 2. The first-order chi connectivity index (χ1) is 31.4. The monoisotopic (exact) mass is 982 g/mol. The summed E-state index contributed by atoms with van der Waals surface area (Å²) in [4.78, 5) is 150. The molecule has 2 aliphatic heterocycles. The van der Waals surface area contributed by atoms with E-state index in [4.69, 9.17) is 11.5 Å². The molecule has 0 aliphatic carbocycles. The maximum Gasteiger partial charge on any atom is 0.305 e. The summed E-state index contributed by atoms with van der Waals surface area (Å²) in [5, 5.41) is 41.3. The number of nitrogens with zero attached hydrogens (tertiary/aromatic N) is 1. The number of fused-ring (bicyclic) bond motifs is 5. The molecule has 3 rings (SSSR count). The van der Waals surface area contributed by atoms with Crippen molar-refractivity contribution < 1.29 is 63.0 Å². The Balaban J connectivity index is 2.16. The average molecular weight is 983 g/mol. The number of carboxylic acid groups (broad SMARTS) is 2. The zero-order chi connectivity index (χ0) is 48.8. The van der Waals surface area contributed by atoms with E-state index in [9.17, 15) is 63.0 Å². The quantitative estimate of drug-likeness (QED) is 0.0404. The molecule has 1 aromatic carbocycles. The number of carbonyl (C=O) groups excluding carboxylic acids is 9. The molecule has 0 unspecified atom stereocenters. The lowest BCUT2D eigenvalue weighted by Gasteiger charge is -2.27. The number of benzene rings is 1. The second-order valence-corrected chi connectivity index (χ2v) is 18.2. The summed E-state index contributed by atoms with van der Waals surface area (Å²) >= 11 is 0.848. The van der Waals surface area contributed by atoms with Gasteiger partial charge in [-0.3, -0.25) is 57.7 Å². The van der Waals surface area contributed by atoms with Crippen LogP contribution in [0.5, 0.6) is 0 Å². The van der Waals surface area contributed by atoms with Gasteiger partial charge in [-0.15, -0.1) is 11.8 Å². The molecular weight excluding hydrogens is 929 g/mol. The van der Waals surface area contributed by atoms with Crippen molar-refractivity contribution in [2.24, 2.45) is 16.5 Å². The second-order valence-electron chi connectivity index (χ2n) is 14.6. The highest BCUT2D eigenvalue weighted by molar-refractivity contribution is 8.76. The molecule has 2 fully saturated rings. The van der Waals surface area contributed by atoms with Crippen molar-refractivity contribution in [1.82, 2.24) is 47.9 Å². The highest BCUT2D eigenvalue weighted by Gasteiger charge is 2.35. The summed E-state index contributed by atoms with van der Waals surface area (Å²) in [5.41, 5.74) is 11.4. The van der Waals surface area contributed by atoms with Gasteiger partial charge in [-0.2, -0.15) is 0 Å². The third kappa shape index (κ3) is 19.4. The molecule has 0 aromatic heterocycles. The van der Waals surface area contributed by atoms with Crippen LogP contribution in [0, 0.1) is 0 Å². The molecule has 1 aromatic rings. The minimum absolute atomic E-state index is 0.00890. The van der Waals surface area contributed by atoms with Crippen molar-refractivity contribution >= 4 is 104 Å². The highest BCUT2D eigenvalue weighted by atomic mass is 33.1. The lowest BCUT2D eigenvalue weighted by Crippen LogP contribution is -2.60. The number of hydrogen-bond donors (Lipinski definition) is 13. The van der Waals surface area contributed by atoms with Gasteiger partial charge in [0.1, 0.15) is 42.3 Å². The average Bonchev–Trinajstić information content (AvgIpc) is 3.25. The molecule has 2 saturated heterocycles. The Labute approximate surface area is 390 Å². The minimum atomic E-state index is -1.79. The van der Waals surface area contributed by atoms with Gasteiger partial charge in [0.05, 0.1) is 25.1 Å². The van der Waals surface area contributed by atoms with Crippen LogP contribution in [0.4, 0.5) is 0 Å². The van der Waals surface area contributed by atoms with Gasteiger partial charge in [0.15, 0.2) is 5.96 Å². The van der Waals surface area contributed by atoms with E-state index >= 15 is 0 Å². The van der Waals surface area contributed by atoms with E-state index in [1.54, 1.807) is 37.3 Å². The van der Waals surface area contributed by atoms with Crippen molar-refractivity contribution in [3.05, 3.63) is 35.9 Å². The molecule has 66 heavy (non-hydrogen) atoms. The lowest BCUT2D eigenvalue weighted by atomic mass is 10.0. The van der Waals surface area contributed by atoms with Gasteiger partial charge in [-0.1, -0.05) is 51.9 Å². The zero-order valence-corrected chi connectivity index (χ0v) is 38.1. The van der Waals surface area contributed by atoms with Gasteiger partial charge in [-0.05, 0) is 25.3 Å². The number of carbonyl (C=O) groups is 11. The maximum absolute atomic E-state index is 14.2. The maximum atomic E-state index is 14.2. The van der Waals surface area contributed by atoms with E-state index in [1.807, 2.05) is 0 Å². The molecular formula is C38H54N12O13S3. The van der Waals surface area contributed by atoms with Gasteiger partial charge in [0.2, 0.25) is 53.2 Å². The predicted octanol–water partition coefficient (Wildman–Crippen LogP) is -4.98. The van der Waals surface area contributed by atoms with Crippen LogP contribution in [0.3, 0.4) is 0 Å². The van der Waals surface area contributed by atoms with Gasteiger partial charge in [0, 0.05) is 36.8 Å². The molecule has 2 aliphatic rings. The van der Waals surface area contributed by atoms with Crippen molar-refractivity contribution in [3.63, 3.8) is 0 Å². The van der Waals surface area contributed by atoms with Crippen molar-refractivity contribution in [2.45, 2.75) is 81.3 Å². The smallest absolute Gasteiger partial charge is 0.305 e. The first-order valence-corrected chi connectivity index (χ1v) is 24.0. The molecule has 0 radical (unpaired) electrons. The number of amides is 9. The molecule has 25 nitrogen and oxygen atoms in total. The summed E-state index contributed by atoms with van der Waals surface area (Å²) in [7, 11) is 1.75. The van der Waals surface area contributed by atoms with Crippen molar-refractivity contribution in [2.75, 3.05) is 42.6 Å². The molecule has 0 spiro atoms. The molecule has 28 heteroatoms. The molecule has 0 saturated carbocycles. The fourth-order valence-electron chi connectivity index (χ4n) is 6.08. The Kier molecular flexibility index (Phi) is 22.8. The molecule has 15 N–H and O–H groups in total. The minimum Gasteiger partial charge on any atom is -0.481 e. The predicted molar refractivity (Wildman–Crippen MR) is 242 cm³/mol. The second kappa shape index (κ2) is 27.9. The summed E-state index contributed by atoms with van der Waals surface area (Å²) < 4.78 is 0. The first-order valence-electron chi connectivity index (χ1n) is 20.4. The SMILES string of the molecule is CCNC(=O)[C@@H]1CSCC(=O)N[C@@H](CC(=O)O)C(=O)N[C@H]2CSSC[C@H](NC(=O)[C@H](CC(=O)O)NC(=O)CNC(=O)[C@H](CCCN=C(N)N)NC2=O)C(=O)N[C@@H](Cc2ccccc2)C(=O)N1. The summed E-state index contributed by atoms with van der Waals surface area (Å²) in [6, 6.07) is -2.33. The Morgan fingerprint density at radius 2 is 1.23 bits per heavy atom. The van der Waals surface area contributed by atoms with E-state index in [0.29, 0.717) is 5.56 Å². The number of rotatable bonds is 12. The van der Waals surface area contributed by atoms with Crippen molar-refractivity contribution in [1.29, 1.82) is 0 Å². The number of aliphatic carboxylic acids is 2. The van der Waals surface area contributed by atoms with E-state index in [2.05, 4.69) is 52.8 Å². The van der Waals surface area contributed by atoms with E-state index in [-0.39, 0.29) is 55.6 Å². The first kappa shape index (κ1) is 54.0. The van der Waals surface area contributed by atoms with E-state index in [0.717, 1.165) is 33.3 Å². The van der Waals surface area contributed by atoms with Crippen LogP contribution in [-0.4, -0.2) is 166 Å². The van der Waals surface area contributed by atoms with Crippen LogP contribution >= 0.6 is 33.3 Å². The number of likely N-dealkylation sites (N-methyl/N-ethyl adjacent to an activating group) is 1. The fourth-order valence-corrected chi connectivity index (χ4v) is 9.27. The zero-order valence-electron chi connectivity index (χ0n) is 35.6. The van der Waals surface area contributed by atoms with Gasteiger partial charge < -0.3 is 69.5 Å². The highest BCUT2D eigenvalue weighted by Crippen LogP contribution is 2.24. The number of nitrogens with two attached hydrogens (primary N) is 2.